The van der Waals surface area contributed by atoms with Gasteiger partial charge in [-0.1, -0.05) is 0 Å². The fourth-order valence-corrected chi connectivity index (χ4v) is 2.94. The van der Waals surface area contributed by atoms with Gasteiger partial charge in [0.15, 0.2) is 9.84 Å². The summed E-state index contributed by atoms with van der Waals surface area (Å²) in [6, 6.07) is 0. The summed E-state index contributed by atoms with van der Waals surface area (Å²) in [5, 5.41) is 8.49. The highest BCUT2D eigenvalue weighted by Crippen LogP contribution is 2.24. The maximum Gasteiger partial charge on any atom is 0.152 e. The first-order valence-corrected chi connectivity index (χ1v) is 9.87. The van der Waals surface area contributed by atoms with E-state index >= 15 is 0 Å². The molecule has 0 aromatic heterocycles. The monoisotopic (exact) mass is 395 g/mol. The lowest BCUT2D eigenvalue weighted by Crippen LogP contribution is -2.34. The van der Waals surface area contributed by atoms with Gasteiger partial charge in [0, 0.05) is 5.54 Å². The van der Waals surface area contributed by atoms with Crippen molar-refractivity contribution >= 4 is 33.4 Å². The maximum atomic E-state index is 11.9. The SMILES string of the molecule is CC(C)(CCS(=O)(=O)CCOCCOCCOCCO)N(Cl)Cl. The molecule has 0 heterocycles. The second-order valence-electron chi connectivity index (χ2n) is 5.51. The average Bonchev–Trinajstić information content (AvgIpc) is 2.47. The van der Waals surface area contributed by atoms with Crippen LogP contribution in [-0.4, -0.2) is 80.8 Å². The van der Waals surface area contributed by atoms with E-state index in [9.17, 15) is 8.42 Å². The van der Waals surface area contributed by atoms with Gasteiger partial charge in [-0.05, 0) is 43.8 Å². The van der Waals surface area contributed by atoms with E-state index in [4.69, 9.17) is 42.9 Å². The molecular weight excluding hydrogens is 369 g/mol. The summed E-state index contributed by atoms with van der Waals surface area (Å²) in [7, 11) is -3.21. The van der Waals surface area contributed by atoms with Crippen molar-refractivity contribution in [2.45, 2.75) is 25.8 Å². The van der Waals surface area contributed by atoms with E-state index in [2.05, 4.69) is 0 Å². The third kappa shape index (κ3) is 13.3. The normalized spacial score (nSPS) is 13.0. The van der Waals surface area contributed by atoms with Crippen molar-refractivity contribution in [3.8, 4) is 0 Å². The van der Waals surface area contributed by atoms with Gasteiger partial charge in [0.05, 0.1) is 57.8 Å². The lowest BCUT2D eigenvalue weighted by atomic mass is 10.0. The molecule has 0 aliphatic carbocycles. The summed E-state index contributed by atoms with van der Waals surface area (Å²) in [4.78, 5) is 0. The first-order chi connectivity index (χ1) is 10.7. The van der Waals surface area contributed by atoms with E-state index in [1.807, 2.05) is 0 Å². The zero-order valence-electron chi connectivity index (χ0n) is 13.7. The van der Waals surface area contributed by atoms with Crippen LogP contribution in [0.3, 0.4) is 0 Å². The molecule has 0 saturated carbocycles. The van der Waals surface area contributed by atoms with Gasteiger partial charge in [-0.25, -0.2) is 8.42 Å². The summed E-state index contributed by atoms with van der Waals surface area (Å²) in [5.74, 6) is -0.0503. The minimum Gasteiger partial charge on any atom is -0.394 e. The average molecular weight is 396 g/mol. The highest BCUT2D eigenvalue weighted by Gasteiger charge is 2.26. The smallest absolute Gasteiger partial charge is 0.152 e. The topological polar surface area (TPSA) is 85.3 Å². The van der Waals surface area contributed by atoms with Crippen LogP contribution in [0.1, 0.15) is 20.3 Å². The maximum absolute atomic E-state index is 11.9. The second kappa shape index (κ2) is 12.7. The Morgan fingerprint density at radius 3 is 1.87 bits per heavy atom. The molecule has 10 heteroatoms. The number of hydrogen-bond donors (Lipinski definition) is 1. The van der Waals surface area contributed by atoms with Gasteiger partial charge in [0.1, 0.15) is 0 Å². The van der Waals surface area contributed by atoms with Gasteiger partial charge in [0.2, 0.25) is 0 Å². The zero-order chi connectivity index (χ0) is 17.8. The summed E-state index contributed by atoms with van der Waals surface area (Å²) in [6.07, 6.45) is 0.333. The van der Waals surface area contributed by atoms with Crippen LogP contribution in [0.15, 0.2) is 0 Å². The van der Waals surface area contributed by atoms with E-state index in [1.165, 1.54) is 0 Å². The lowest BCUT2D eigenvalue weighted by Gasteiger charge is -2.27. The largest absolute Gasteiger partial charge is 0.394 e. The van der Waals surface area contributed by atoms with Crippen LogP contribution in [0.2, 0.25) is 0 Å². The highest BCUT2D eigenvalue weighted by atomic mass is 35.5. The summed E-state index contributed by atoms with van der Waals surface area (Å²) >= 11 is 11.3. The molecule has 1 N–H and O–H groups in total. The molecule has 0 aromatic carbocycles. The molecule has 0 aliphatic rings. The first kappa shape index (κ1) is 23.3. The minimum absolute atomic E-state index is 0.00199. The number of halogens is 2. The Morgan fingerprint density at radius 2 is 1.39 bits per heavy atom. The third-order valence-electron chi connectivity index (χ3n) is 3.00. The fourth-order valence-electron chi connectivity index (χ4n) is 1.38. The molecule has 0 atom stereocenters. The number of aliphatic hydroxyl groups excluding tert-OH is 1. The molecule has 0 radical (unpaired) electrons. The molecular formula is C13H27Cl2NO6S. The Bertz CT molecular complexity index is 392. The van der Waals surface area contributed by atoms with Crippen molar-refractivity contribution in [3.05, 3.63) is 0 Å². The first-order valence-electron chi connectivity index (χ1n) is 7.37. The molecule has 0 rings (SSSR count). The van der Waals surface area contributed by atoms with Crippen LogP contribution < -0.4 is 0 Å². The van der Waals surface area contributed by atoms with Gasteiger partial charge in [-0.2, -0.15) is 0 Å². The number of sulfone groups is 1. The molecule has 0 unspecified atom stereocenters. The molecule has 0 spiro atoms. The number of aliphatic hydroxyl groups is 1. The van der Waals surface area contributed by atoms with Crippen molar-refractivity contribution in [2.75, 3.05) is 57.8 Å². The minimum atomic E-state index is -3.21. The Labute approximate surface area is 148 Å². The van der Waals surface area contributed by atoms with Gasteiger partial charge in [-0.3, -0.25) is 0 Å². The van der Waals surface area contributed by atoms with E-state index in [1.54, 1.807) is 13.8 Å². The second-order valence-corrected chi connectivity index (χ2v) is 8.66. The lowest BCUT2D eigenvalue weighted by molar-refractivity contribution is 0.00989. The molecule has 7 nitrogen and oxygen atoms in total. The Hall–Kier alpha value is 0.330. The summed E-state index contributed by atoms with van der Waals surface area (Å²) in [5.41, 5.74) is -0.608. The van der Waals surface area contributed by atoms with Gasteiger partial charge >= 0.3 is 0 Å². The van der Waals surface area contributed by atoms with Crippen molar-refractivity contribution in [1.29, 1.82) is 0 Å². The third-order valence-corrected chi connectivity index (χ3v) is 5.53. The number of nitrogens with zero attached hydrogens (tertiary/aromatic N) is 1. The van der Waals surface area contributed by atoms with E-state index < -0.39 is 15.4 Å². The summed E-state index contributed by atoms with van der Waals surface area (Å²) in [6.45, 7) is 5.43. The Morgan fingerprint density at radius 1 is 0.913 bits per heavy atom. The predicted octanol–water partition coefficient (Wildman–Crippen LogP) is 1.22. The van der Waals surface area contributed by atoms with Gasteiger partial charge in [-0.15, -0.1) is 3.94 Å². The molecule has 0 saturated heterocycles. The van der Waals surface area contributed by atoms with Crippen molar-refractivity contribution in [3.63, 3.8) is 0 Å². The van der Waals surface area contributed by atoms with E-state index in [0.29, 0.717) is 39.5 Å². The Balaban J connectivity index is 3.64. The highest BCUT2D eigenvalue weighted by molar-refractivity contribution is 7.91. The van der Waals surface area contributed by atoms with Crippen molar-refractivity contribution in [2.24, 2.45) is 0 Å². The van der Waals surface area contributed by atoms with Crippen LogP contribution in [0, 0.1) is 0 Å². The molecule has 0 aromatic rings. The van der Waals surface area contributed by atoms with E-state index in [-0.39, 0.29) is 24.7 Å². The molecule has 140 valence electrons. The molecule has 0 amide bonds. The summed E-state index contributed by atoms with van der Waals surface area (Å²) < 4.78 is 40.2. The van der Waals surface area contributed by atoms with Gasteiger partial charge in [0.25, 0.3) is 0 Å². The quantitative estimate of drug-likeness (QED) is 0.329. The van der Waals surface area contributed by atoms with Crippen LogP contribution in [0.25, 0.3) is 0 Å². The van der Waals surface area contributed by atoms with Crippen LogP contribution in [0.5, 0.6) is 0 Å². The molecule has 0 aliphatic heterocycles. The molecule has 0 bridgehead atoms. The van der Waals surface area contributed by atoms with Crippen molar-refractivity contribution in [1.82, 2.24) is 3.94 Å². The van der Waals surface area contributed by atoms with Gasteiger partial charge < -0.3 is 19.3 Å². The Kier molecular flexibility index (Phi) is 12.8. The van der Waals surface area contributed by atoms with Crippen LogP contribution >= 0.6 is 23.6 Å². The molecule has 0 fully saturated rings. The van der Waals surface area contributed by atoms with Crippen LogP contribution in [-0.2, 0) is 24.0 Å². The standard InChI is InChI=1S/C13H27Cl2NO6S/c1-13(2,16(14)15)3-11-23(18,19)12-10-22-9-8-21-7-6-20-5-4-17/h17H,3-12H2,1-2H3. The fraction of sp³-hybridized carbons (Fsp3) is 1.00. The molecule has 23 heavy (non-hydrogen) atoms. The number of hydrogen-bond acceptors (Lipinski definition) is 7. The number of ether oxygens (including phenoxy) is 3. The number of rotatable bonds is 15. The zero-order valence-corrected chi connectivity index (χ0v) is 16.0. The van der Waals surface area contributed by atoms with E-state index in [0.717, 1.165) is 3.94 Å². The van der Waals surface area contributed by atoms with Crippen LogP contribution in [0.4, 0.5) is 0 Å². The predicted molar refractivity (Wildman–Crippen MR) is 90.4 cm³/mol. The van der Waals surface area contributed by atoms with Crippen molar-refractivity contribution < 1.29 is 27.7 Å².